The molecule has 1 saturated carbocycles. The Balaban J connectivity index is 1.59. The van der Waals surface area contributed by atoms with Gasteiger partial charge in [-0.15, -0.1) is 0 Å². The standard InChI is InChI=1S/C35H45N3O4S/c1-26-20-21-32(23-28(26)3)38(43(4,41)42)22-12-19-34(39)37(25-30-16-9-8-13-27(30)2)33(24-29-14-6-5-7-15-29)35(40)36-31-17-10-11-18-31/h5-9,13-16,20-21,23,31,33H,10-12,17-19,22,24-25H2,1-4H3,(H,36,40). The van der Waals surface area contributed by atoms with Crippen LogP contribution < -0.4 is 9.62 Å². The van der Waals surface area contributed by atoms with Gasteiger partial charge in [0.2, 0.25) is 21.8 Å². The Bertz CT molecular complexity index is 1500. The fourth-order valence-corrected chi connectivity index (χ4v) is 6.73. The minimum atomic E-state index is -3.56. The molecule has 1 unspecified atom stereocenters. The molecule has 1 fully saturated rings. The zero-order valence-corrected chi connectivity index (χ0v) is 26.7. The summed E-state index contributed by atoms with van der Waals surface area (Å²) in [7, 11) is -3.56. The molecule has 0 aromatic heterocycles. The molecule has 8 heteroatoms. The topological polar surface area (TPSA) is 86.8 Å². The van der Waals surface area contributed by atoms with E-state index in [0.29, 0.717) is 25.1 Å². The van der Waals surface area contributed by atoms with E-state index in [0.717, 1.165) is 53.5 Å². The van der Waals surface area contributed by atoms with E-state index in [9.17, 15) is 18.0 Å². The van der Waals surface area contributed by atoms with Crippen molar-refractivity contribution in [2.75, 3.05) is 17.1 Å². The number of amides is 2. The second-order valence-electron chi connectivity index (χ2n) is 11.9. The summed E-state index contributed by atoms with van der Waals surface area (Å²) < 4.78 is 26.9. The summed E-state index contributed by atoms with van der Waals surface area (Å²) in [4.78, 5) is 29.7. The van der Waals surface area contributed by atoms with Crippen molar-refractivity contribution in [1.29, 1.82) is 0 Å². The minimum absolute atomic E-state index is 0.116. The first-order chi connectivity index (χ1) is 20.5. The van der Waals surface area contributed by atoms with Crippen molar-refractivity contribution >= 4 is 27.5 Å². The summed E-state index contributed by atoms with van der Waals surface area (Å²) in [5.41, 5.74) is 5.69. The fraction of sp³-hybridized carbons (Fsp3) is 0.429. The van der Waals surface area contributed by atoms with E-state index in [1.54, 1.807) is 11.0 Å². The molecule has 1 N–H and O–H groups in total. The first kappa shape index (κ1) is 32.3. The number of anilines is 1. The van der Waals surface area contributed by atoms with Gasteiger partial charge < -0.3 is 10.2 Å². The highest BCUT2D eigenvalue weighted by Gasteiger charge is 2.32. The van der Waals surface area contributed by atoms with Crippen LogP contribution in [0.15, 0.2) is 72.8 Å². The molecule has 0 radical (unpaired) electrons. The van der Waals surface area contributed by atoms with Gasteiger partial charge in [0.05, 0.1) is 11.9 Å². The third-order valence-corrected chi connectivity index (χ3v) is 9.70. The Hall–Kier alpha value is -3.65. The normalized spacial score (nSPS) is 14.3. The third kappa shape index (κ3) is 8.92. The molecule has 4 rings (SSSR count). The number of sulfonamides is 1. The molecule has 43 heavy (non-hydrogen) atoms. The number of rotatable bonds is 13. The third-order valence-electron chi connectivity index (χ3n) is 8.51. The molecule has 0 saturated heterocycles. The molecule has 0 aliphatic heterocycles. The van der Waals surface area contributed by atoms with Gasteiger partial charge in [0, 0.05) is 32.0 Å². The Morgan fingerprint density at radius 1 is 0.884 bits per heavy atom. The number of hydrogen-bond acceptors (Lipinski definition) is 4. The van der Waals surface area contributed by atoms with Crippen LogP contribution >= 0.6 is 0 Å². The lowest BCUT2D eigenvalue weighted by Crippen LogP contribution is -2.52. The van der Waals surface area contributed by atoms with E-state index >= 15 is 0 Å². The lowest BCUT2D eigenvalue weighted by molar-refractivity contribution is -0.141. The highest BCUT2D eigenvalue weighted by Crippen LogP contribution is 2.24. The van der Waals surface area contributed by atoms with Crippen molar-refractivity contribution in [3.05, 3.63) is 101 Å². The highest BCUT2D eigenvalue weighted by molar-refractivity contribution is 7.92. The largest absolute Gasteiger partial charge is 0.352 e. The summed E-state index contributed by atoms with van der Waals surface area (Å²) in [6, 6.07) is 22.7. The predicted molar refractivity (Wildman–Crippen MR) is 173 cm³/mol. The van der Waals surface area contributed by atoms with Gasteiger partial charge in [-0.2, -0.15) is 0 Å². The summed E-state index contributed by atoms with van der Waals surface area (Å²) in [6.45, 7) is 6.42. The van der Waals surface area contributed by atoms with E-state index in [1.807, 2.05) is 87.5 Å². The van der Waals surface area contributed by atoms with Crippen molar-refractivity contribution in [1.82, 2.24) is 10.2 Å². The molecular weight excluding hydrogens is 558 g/mol. The minimum Gasteiger partial charge on any atom is -0.352 e. The molecule has 0 heterocycles. The van der Waals surface area contributed by atoms with Crippen LogP contribution in [0.1, 0.15) is 66.3 Å². The number of aryl methyl sites for hydroxylation is 3. The van der Waals surface area contributed by atoms with Crippen LogP contribution in [0.2, 0.25) is 0 Å². The van der Waals surface area contributed by atoms with Crippen LogP contribution in [-0.2, 0) is 32.6 Å². The van der Waals surface area contributed by atoms with Crippen molar-refractivity contribution in [2.45, 2.75) is 84.3 Å². The molecule has 1 aliphatic rings. The summed E-state index contributed by atoms with van der Waals surface area (Å²) in [6.07, 6.45) is 6.13. The van der Waals surface area contributed by atoms with Gasteiger partial charge in [-0.3, -0.25) is 13.9 Å². The second-order valence-corrected chi connectivity index (χ2v) is 13.8. The van der Waals surface area contributed by atoms with Gasteiger partial charge in [0.25, 0.3) is 0 Å². The Morgan fingerprint density at radius 3 is 2.21 bits per heavy atom. The van der Waals surface area contributed by atoms with Gasteiger partial charge in [0.15, 0.2) is 0 Å². The summed E-state index contributed by atoms with van der Waals surface area (Å²) in [5.74, 6) is -0.301. The van der Waals surface area contributed by atoms with E-state index in [2.05, 4.69) is 5.32 Å². The lowest BCUT2D eigenvalue weighted by Gasteiger charge is -2.33. The average Bonchev–Trinajstić information content (AvgIpc) is 3.48. The number of nitrogens with zero attached hydrogens (tertiary/aromatic N) is 2. The lowest BCUT2D eigenvalue weighted by atomic mass is 10.0. The van der Waals surface area contributed by atoms with E-state index in [4.69, 9.17) is 0 Å². The number of hydrogen-bond donors (Lipinski definition) is 1. The number of benzene rings is 3. The summed E-state index contributed by atoms with van der Waals surface area (Å²) in [5, 5.41) is 3.24. The monoisotopic (exact) mass is 603 g/mol. The zero-order valence-electron chi connectivity index (χ0n) is 25.9. The number of nitrogens with one attached hydrogen (secondary N) is 1. The van der Waals surface area contributed by atoms with Gasteiger partial charge in [-0.25, -0.2) is 8.42 Å². The van der Waals surface area contributed by atoms with Crippen LogP contribution in [0.3, 0.4) is 0 Å². The SMILES string of the molecule is Cc1ccc(N(CCCC(=O)N(Cc2ccccc2C)C(Cc2ccccc2)C(=O)NC2CCCC2)S(C)(=O)=O)cc1C. The van der Waals surface area contributed by atoms with Crippen LogP contribution in [0.25, 0.3) is 0 Å². The first-order valence-corrected chi connectivity index (χ1v) is 17.1. The maximum Gasteiger partial charge on any atom is 0.243 e. The maximum atomic E-state index is 14.1. The quantitative estimate of drug-likeness (QED) is 0.265. The van der Waals surface area contributed by atoms with Crippen LogP contribution in [-0.4, -0.2) is 50.0 Å². The van der Waals surface area contributed by atoms with Crippen molar-refractivity contribution in [3.8, 4) is 0 Å². The molecular formula is C35H45N3O4S. The van der Waals surface area contributed by atoms with Crippen LogP contribution in [0, 0.1) is 20.8 Å². The van der Waals surface area contributed by atoms with E-state index in [1.165, 1.54) is 10.6 Å². The van der Waals surface area contributed by atoms with Crippen LogP contribution in [0.4, 0.5) is 5.69 Å². The molecule has 1 atom stereocenters. The molecule has 3 aromatic rings. The fourth-order valence-electron chi connectivity index (χ4n) is 5.78. The average molecular weight is 604 g/mol. The number of carbonyl (C=O) groups excluding carboxylic acids is 2. The highest BCUT2D eigenvalue weighted by atomic mass is 32.2. The van der Waals surface area contributed by atoms with Gasteiger partial charge >= 0.3 is 0 Å². The van der Waals surface area contributed by atoms with Crippen molar-refractivity contribution < 1.29 is 18.0 Å². The second kappa shape index (κ2) is 14.7. The smallest absolute Gasteiger partial charge is 0.243 e. The summed E-state index contributed by atoms with van der Waals surface area (Å²) >= 11 is 0. The Morgan fingerprint density at radius 2 is 1.56 bits per heavy atom. The molecule has 2 amide bonds. The molecule has 0 spiro atoms. The number of carbonyl (C=O) groups is 2. The van der Waals surface area contributed by atoms with E-state index < -0.39 is 16.1 Å². The zero-order chi connectivity index (χ0) is 31.0. The van der Waals surface area contributed by atoms with Crippen LogP contribution in [0.5, 0.6) is 0 Å². The first-order valence-electron chi connectivity index (χ1n) is 15.3. The van der Waals surface area contributed by atoms with Crippen molar-refractivity contribution in [2.24, 2.45) is 0 Å². The predicted octanol–water partition coefficient (Wildman–Crippen LogP) is 5.86. The van der Waals surface area contributed by atoms with Gasteiger partial charge in [-0.1, -0.05) is 73.5 Å². The maximum absolute atomic E-state index is 14.1. The van der Waals surface area contributed by atoms with E-state index in [-0.39, 0.29) is 30.8 Å². The molecule has 230 valence electrons. The molecule has 3 aromatic carbocycles. The Labute approximate surface area is 257 Å². The Kier molecular flexibility index (Phi) is 11.0. The van der Waals surface area contributed by atoms with Gasteiger partial charge in [-0.05, 0) is 80.0 Å². The molecule has 7 nitrogen and oxygen atoms in total. The van der Waals surface area contributed by atoms with Crippen molar-refractivity contribution in [3.63, 3.8) is 0 Å². The molecule has 0 bridgehead atoms. The molecule has 1 aliphatic carbocycles. The van der Waals surface area contributed by atoms with Gasteiger partial charge in [0.1, 0.15) is 6.04 Å².